The summed E-state index contributed by atoms with van der Waals surface area (Å²) in [4.78, 5) is 25.4. The molecule has 114 valence electrons. The molecular formula is C14H24N2O3S. The van der Waals surface area contributed by atoms with Gasteiger partial charge in [-0.2, -0.15) is 11.8 Å². The number of hydrogen-bond donors (Lipinski definition) is 2. The van der Waals surface area contributed by atoms with E-state index < -0.39 is 11.5 Å². The number of carboxylic acid groups (broad SMARTS) is 1. The van der Waals surface area contributed by atoms with Crippen LogP contribution >= 0.6 is 11.8 Å². The molecule has 0 spiro atoms. The topological polar surface area (TPSA) is 69.6 Å². The quantitative estimate of drug-likeness (QED) is 0.839. The van der Waals surface area contributed by atoms with Gasteiger partial charge in [-0.15, -0.1) is 0 Å². The average molecular weight is 300 g/mol. The molecule has 3 atom stereocenters. The summed E-state index contributed by atoms with van der Waals surface area (Å²) in [7, 11) is 0. The normalized spacial score (nSPS) is 34.0. The highest BCUT2D eigenvalue weighted by Gasteiger charge is 2.46. The Morgan fingerprint density at radius 3 is 2.65 bits per heavy atom. The zero-order chi connectivity index (χ0) is 14.8. The second kappa shape index (κ2) is 6.24. The van der Waals surface area contributed by atoms with Crippen LogP contribution in [0.25, 0.3) is 0 Å². The predicted octanol–water partition coefficient (Wildman–Crippen LogP) is 2.31. The van der Waals surface area contributed by atoms with Gasteiger partial charge < -0.3 is 15.3 Å². The van der Waals surface area contributed by atoms with Gasteiger partial charge in [0, 0.05) is 17.8 Å². The second-order valence-corrected chi connectivity index (χ2v) is 7.03. The van der Waals surface area contributed by atoms with E-state index in [0.717, 1.165) is 25.7 Å². The summed E-state index contributed by atoms with van der Waals surface area (Å²) in [6.07, 6.45) is 7.84. The molecule has 2 N–H and O–H groups in total. The van der Waals surface area contributed by atoms with Gasteiger partial charge in [-0.1, -0.05) is 12.8 Å². The van der Waals surface area contributed by atoms with Crippen LogP contribution in [0.15, 0.2) is 0 Å². The van der Waals surface area contributed by atoms with E-state index in [9.17, 15) is 14.7 Å². The predicted molar refractivity (Wildman–Crippen MR) is 80.1 cm³/mol. The number of carbonyl (C=O) groups is 2. The van der Waals surface area contributed by atoms with Gasteiger partial charge in [0.05, 0.1) is 0 Å². The van der Waals surface area contributed by atoms with E-state index in [1.807, 2.05) is 0 Å². The molecule has 3 unspecified atom stereocenters. The number of carboxylic acids is 1. The highest BCUT2D eigenvalue weighted by molar-refractivity contribution is 7.99. The Balaban J connectivity index is 2.02. The lowest BCUT2D eigenvalue weighted by molar-refractivity contribution is -0.147. The number of amides is 2. The van der Waals surface area contributed by atoms with E-state index in [0.29, 0.717) is 18.2 Å². The molecular weight excluding hydrogens is 276 g/mol. The number of aliphatic carboxylic acids is 1. The monoisotopic (exact) mass is 300 g/mol. The van der Waals surface area contributed by atoms with E-state index in [1.54, 1.807) is 18.7 Å². The molecule has 2 fully saturated rings. The number of carbonyl (C=O) groups excluding carboxylic acids is 1. The summed E-state index contributed by atoms with van der Waals surface area (Å²) in [6, 6.07) is -0.0387. The highest BCUT2D eigenvalue weighted by atomic mass is 32.2. The number of nitrogens with zero attached hydrogens (tertiary/aromatic N) is 1. The molecule has 0 aromatic heterocycles. The number of hydrogen-bond acceptors (Lipinski definition) is 3. The van der Waals surface area contributed by atoms with Crippen molar-refractivity contribution < 1.29 is 14.7 Å². The molecule has 0 aromatic rings. The van der Waals surface area contributed by atoms with Gasteiger partial charge in [0.1, 0.15) is 5.54 Å². The molecule has 1 saturated carbocycles. The minimum Gasteiger partial charge on any atom is -0.480 e. The highest BCUT2D eigenvalue weighted by Crippen LogP contribution is 2.31. The first kappa shape index (κ1) is 15.5. The lowest BCUT2D eigenvalue weighted by Crippen LogP contribution is -2.57. The van der Waals surface area contributed by atoms with Gasteiger partial charge in [-0.25, -0.2) is 9.59 Å². The molecule has 6 heteroatoms. The van der Waals surface area contributed by atoms with Crippen LogP contribution in [0, 0.1) is 0 Å². The summed E-state index contributed by atoms with van der Waals surface area (Å²) in [5.41, 5.74) is -1.05. The van der Waals surface area contributed by atoms with Crippen molar-refractivity contribution in [3.05, 3.63) is 0 Å². The van der Waals surface area contributed by atoms with E-state index in [4.69, 9.17) is 0 Å². The van der Waals surface area contributed by atoms with Crippen LogP contribution in [0.3, 0.4) is 0 Å². The molecule has 2 rings (SSSR count). The van der Waals surface area contributed by atoms with E-state index in [-0.39, 0.29) is 12.1 Å². The number of rotatable bonds is 3. The minimum absolute atomic E-state index is 0.171. The summed E-state index contributed by atoms with van der Waals surface area (Å²) < 4.78 is 0. The molecule has 5 nitrogen and oxygen atoms in total. The zero-order valence-electron chi connectivity index (χ0n) is 12.2. The number of nitrogens with one attached hydrogen (secondary N) is 1. The Bertz CT molecular complexity index is 391. The molecule has 1 aliphatic carbocycles. The fourth-order valence-corrected chi connectivity index (χ4v) is 4.23. The molecule has 20 heavy (non-hydrogen) atoms. The maximum absolute atomic E-state index is 12.4. The Morgan fingerprint density at radius 1 is 1.30 bits per heavy atom. The number of urea groups is 1. The van der Waals surface area contributed by atoms with Crippen molar-refractivity contribution in [1.29, 1.82) is 0 Å². The third kappa shape index (κ3) is 2.90. The Hall–Kier alpha value is -0.910. The molecule has 0 bridgehead atoms. The first-order chi connectivity index (χ1) is 9.49. The third-order valence-electron chi connectivity index (χ3n) is 4.66. The molecule has 2 aliphatic rings. The van der Waals surface area contributed by atoms with Gasteiger partial charge in [0.15, 0.2) is 0 Å². The van der Waals surface area contributed by atoms with Crippen molar-refractivity contribution in [3.8, 4) is 0 Å². The zero-order valence-corrected chi connectivity index (χ0v) is 13.0. The van der Waals surface area contributed by atoms with Crippen molar-refractivity contribution in [2.45, 2.75) is 62.3 Å². The largest absolute Gasteiger partial charge is 0.480 e. The van der Waals surface area contributed by atoms with Crippen LogP contribution in [0.4, 0.5) is 4.79 Å². The molecule has 0 radical (unpaired) electrons. The van der Waals surface area contributed by atoms with Gasteiger partial charge >= 0.3 is 12.0 Å². The van der Waals surface area contributed by atoms with Crippen molar-refractivity contribution >= 4 is 23.8 Å². The maximum atomic E-state index is 12.4. The number of likely N-dealkylation sites (tertiary alicyclic amines) is 1. The summed E-state index contributed by atoms with van der Waals surface area (Å²) in [6.45, 7) is 2.18. The Labute approximate surface area is 124 Å². The summed E-state index contributed by atoms with van der Waals surface area (Å²) in [5, 5.41) is 12.9. The SMILES string of the molecule is CSC1CCCCC1NC(=O)N1CCCC1(C)C(=O)O. The summed E-state index contributed by atoms with van der Waals surface area (Å²) >= 11 is 1.80. The second-order valence-electron chi connectivity index (χ2n) is 5.95. The van der Waals surface area contributed by atoms with Gasteiger partial charge in [0.25, 0.3) is 0 Å². The van der Waals surface area contributed by atoms with Crippen molar-refractivity contribution in [2.24, 2.45) is 0 Å². The summed E-state index contributed by atoms with van der Waals surface area (Å²) in [5.74, 6) is -0.907. The first-order valence-electron chi connectivity index (χ1n) is 7.33. The van der Waals surface area contributed by atoms with E-state index >= 15 is 0 Å². The standard InChI is InChI=1S/C14H24N2O3S/c1-14(12(17)18)8-5-9-16(14)13(19)15-10-6-3-4-7-11(10)20-2/h10-11H,3-9H2,1-2H3,(H,15,19)(H,17,18). The molecule has 1 saturated heterocycles. The Kier molecular flexibility index (Phi) is 4.83. The van der Waals surface area contributed by atoms with Crippen LogP contribution in [0.2, 0.25) is 0 Å². The molecule has 0 aromatic carbocycles. The van der Waals surface area contributed by atoms with E-state index in [1.165, 1.54) is 11.3 Å². The van der Waals surface area contributed by atoms with Crippen LogP contribution < -0.4 is 5.32 Å². The van der Waals surface area contributed by atoms with Crippen LogP contribution in [-0.2, 0) is 4.79 Å². The molecule has 1 aliphatic heterocycles. The van der Waals surface area contributed by atoms with Crippen molar-refractivity contribution in [3.63, 3.8) is 0 Å². The van der Waals surface area contributed by atoms with Crippen molar-refractivity contribution in [1.82, 2.24) is 10.2 Å². The van der Waals surface area contributed by atoms with Gasteiger partial charge in [0.2, 0.25) is 0 Å². The first-order valence-corrected chi connectivity index (χ1v) is 8.62. The minimum atomic E-state index is -1.05. The molecule has 2 amide bonds. The van der Waals surface area contributed by atoms with Gasteiger partial charge in [-0.3, -0.25) is 0 Å². The lowest BCUT2D eigenvalue weighted by atomic mass is 9.95. The Morgan fingerprint density at radius 2 is 2.00 bits per heavy atom. The van der Waals surface area contributed by atoms with Crippen molar-refractivity contribution in [2.75, 3.05) is 12.8 Å². The van der Waals surface area contributed by atoms with Crippen LogP contribution in [0.1, 0.15) is 45.4 Å². The van der Waals surface area contributed by atoms with Gasteiger partial charge in [-0.05, 0) is 38.9 Å². The number of thioether (sulfide) groups is 1. The maximum Gasteiger partial charge on any atom is 0.329 e. The van der Waals surface area contributed by atoms with Crippen LogP contribution in [-0.4, -0.2) is 51.6 Å². The van der Waals surface area contributed by atoms with Crippen LogP contribution in [0.5, 0.6) is 0 Å². The fraction of sp³-hybridized carbons (Fsp3) is 0.857. The average Bonchev–Trinajstić information content (AvgIpc) is 2.83. The van der Waals surface area contributed by atoms with E-state index in [2.05, 4.69) is 11.6 Å². The fourth-order valence-electron chi connectivity index (χ4n) is 3.29. The molecule has 1 heterocycles. The lowest BCUT2D eigenvalue weighted by Gasteiger charge is -2.36. The third-order valence-corrected chi connectivity index (χ3v) is 5.83. The smallest absolute Gasteiger partial charge is 0.329 e.